The molecule has 4 heteroatoms. The van der Waals surface area contributed by atoms with Crippen LogP contribution in [0, 0.1) is 11.8 Å². The highest BCUT2D eigenvalue weighted by Crippen LogP contribution is 2.28. The van der Waals surface area contributed by atoms with Gasteiger partial charge in [-0.15, -0.1) is 0 Å². The molecule has 0 unspecified atom stereocenters. The molecule has 0 aliphatic heterocycles. The fraction of sp³-hybridized carbons (Fsp3) is 0.882. The van der Waals surface area contributed by atoms with Crippen LogP contribution >= 0.6 is 0 Å². The molecular formula is C17H31NO3. The van der Waals surface area contributed by atoms with E-state index in [1.807, 2.05) is 34.6 Å². The van der Waals surface area contributed by atoms with Crippen molar-refractivity contribution in [2.24, 2.45) is 11.8 Å². The zero-order valence-corrected chi connectivity index (χ0v) is 14.2. The van der Waals surface area contributed by atoms with Gasteiger partial charge in [0.1, 0.15) is 6.61 Å². The first-order chi connectivity index (χ1) is 9.70. The van der Waals surface area contributed by atoms with Gasteiger partial charge in [-0.1, -0.05) is 33.1 Å². The minimum atomic E-state index is -0.347. The molecule has 1 atom stereocenters. The third kappa shape index (κ3) is 6.60. The van der Waals surface area contributed by atoms with Crippen molar-refractivity contribution < 1.29 is 14.3 Å². The Labute approximate surface area is 129 Å². The van der Waals surface area contributed by atoms with Gasteiger partial charge < -0.3 is 10.1 Å². The lowest BCUT2D eigenvalue weighted by Gasteiger charge is -2.31. The third-order valence-electron chi connectivity index (χ3n) is 3.95. The summed E-state index contributed by atoms with van der Waals surface area (Å²) in [5, 5.41) is 2.93. The van der Waals surface area contributed by atoms with Crippen LogP contribution in [0.2, 0.25) is 0 Å². The molecule has 0 aromatic heterocycles. The number of hydrogen-bond donors (Lipinski definition) is 1. The number of amides is 1. The van der Waals surface area contributed by atoms with Gasteiger partial charge in [0.05, 0.1) is 11.6 Å². The smallest absolute Gasteiger partial charge is 0.246 e. The third-order valence-corrected chi connectivity index (χ3v) is 3.95. The number of hydrogen-bond acceptors (Lipinski definition) is 3. The number of rotatable bonds is 6. The number of ketones is 1. The van der Waals surface area contributed by atoms with E-state index in [0.717, 1.165) is 25.7 Å². The predicted molar refractivity (Wildman–Crippen MR) is 84.1 cm³/mol. The first-order valence-electron chi connectivity index (χ1n) is 8.18. The van der Waals surface area contributed by atoms with Crippen LogP contribution < -0.4 is 5.32 Å². The standard InChI is InChI=1S/C17H31NO3/c1-12(2)16(20)15(13-9-7-6-8-10-13)18-14(19)11-21-17(3,4)5/h12-13,15H,6-11H2,1-5H3,(H,18,19)/t15-/m1/s1. The molecule has 21 heavy (non-hydrogen) atoms. The summed E-state index contributed by atoms with van der Waals surface area (Å²) in [6.07, 6.45) is 5.61. The summed E-state index contributed by atoms with van der Waals surface area (Å²) in [5.41, 5.74) is -0.347. The molecule has 0 bridgehead atoms. The van der Waals surface area contributed by atoms with Crippen molar-refractivity contribution in [1.29, 1.82) is 0 Å². The lowest BCUT2D eigenvalue weighted by atomic mass is 9.80. The minimum Gasteiger partial charge on any atom is -0.366 e. The van der Waals surface area contributed by atoms with E-state index >= 15 is 0 Å². The van der Waals surface area contributed by atoms with Crippen LogP contribution in [0.4, 0.5) is 0 Å². The maximum Gasteiger partial charge on any atom is 0.246 e. The molecule has 1 aliphatic rings. The fourth-order valence-electron chi connectivity index (χ4n) is 2.75. The zero-order chi connectivity index (χ0) is 16.0. The highest BCUT2D eigenvalue weighted by Gasteiger charge is 2.32. The maximum absolute atomic E-state index is 12.4. The van der Waals surface area contributed by atoms with Gasteiger partial charge in [-0.3, -0.25) is 9.59 Å². The molecule has 0 heterocycles. The molecule has 0 spiro atoms. The fourth-order valence-corrected chi connectivity index (χ4v) is 2.75. The summed E-state index contributed by atoms with van der Waals surface area (Å²) >= 11 is 0. The summed E-state index contributed by atoms with van der Waals surface area (Å²) in [7, 11) is 0. The Hall–Kier alpha value is -0.900. The molecule has 1 amide bonds. The van der Waals surface area contributed by atoms with E-state index in [4.69, 9.17) is 4.74 Å². The van der Waals surface area contributed by atoms with E-state index in [1.165, 1.54) is 6.42 Å². The van der Waals surface area contributed by atoms with E-state index in [1.54, 1.807) is 0 Å². The summed E-state index contributed by atoms with van der Waals surface area (Å²) in [5.74, 6) is 0.188. The average molecular weight is 297 g/mol. The molecule has 0 aromatic carbocycles. The van der Waals surface area contributed by atoms with Crippen molar-refractivity contribution in [1.82, 2.24) is 5.32 Å². The summed E-state index contributed by atoms with van der Waals surface area (Å²) in [6, 6.07) is -0.346. The minimum absolute atomic E-state index is 0.0120. The molecule has 1 saturated carbocycles. The number of carbonyl (C=O) groups is 2. The Morgan fingerprint density at radius 3 is 2.19 bits per heavy atom. The number of carbonyl (C=O) groups excluding carboxylic acids is 2. The van der Waals surface area contributed by atoms with Crippen molar-refractivity contribution in [3.63, 3.8) is 0 Å². The Balaban J connectivity index is 2.64. The zero-order valence-electron chi connectivity index (χ0n) is 14.2. The molecule has 1 aliphatic carbocycles. The van der Waals surface area contributed by atoms with Crippen LogP contribution in [0.15, 0.2) is 0 Å². The number of ether oxygens (including phenoxy) is 1. The van der Waals surface area contributed by atoms with Crippen LogP contribution in [0.3, 0.4) is 0 Å². The number of Topliss-reactive ketones (excluding diaryl/α,β-unsaturated/α-hetero) is 1. The van der Waals surface area contributed by atoms with Gasteiger partial charge in [-0.05, 0) is 39.5 Å². The maximum atomic E-state index is 12.4. The Morgan fingerprint density at radius 1 is 1.14 bits per heavy atom. The molecule has 4 nitrogen and oxygen atoms in total. The SMILES string of the molecule is CC(C)C(=O)[C@H](NC(=O)COC(C)(C)C)C1CCCCC1. The molecule has 1 N–H and O–H groups in total. The second-order valence-corrected chi connectivity index (χ2v) is 7.40. The van der Waals surface area contributed by atoms with Crippen molar-refractivity contribution in [2.75, 3.05) is 6.61 Å². The quantitative estimate of drug-likeness (QED) is 0.819. The molecule has 0 radical (unpaired) electrons. The highest BCUT2D eigenvalue weighted by atomic mass is 16.5. The van der Waals surface area contributed by atoms with Gasteiger partial charge in [0.2, 0.25) is 5.91 Å². The van der Waals surface area contributed by atoms with Gasteiger partial charge in [-0.2, -0.15) is 0 Å². The van der Waals surface area contributed by atoms with Crippen LogP contribution in [0.1, 0.15) is 66.7 Å². The normalized spacial score (nSPS) is 18.6. The van der Waals surface area contributed by atoms with Crippen molar-refractivity contribution in [3.05, 3.63) is 0 Å². The summed E-state index contributed by atoms with van der Waals surface area (Å²) in [6.45, 7) is 9.55. The van der Waals surface area contributed by atoms with Gasteiger partial charge in [0.25, 0.3) is 0 Å². The topological polar surface area (TPSA) is 55.4 Å². The Kier molecular flexibility index (Phi) is 6.85. The summed E-state index contributed by atoms with van der Waals surface area (Å²) in [4.78, 5) is 24.5. The molecule has 0 saturated heterocycles. The Bertz CT molecular complexity index is 352. The first-order valence-corrected chi connectivity index (χ1v) is 8.18. The summed E-state index contributed by atoms with van der Waals surface area (Å²) < 4.78 is 5.50. The second-order valence-electron chi connectivity index (χ2n) is 7.40. The van der Waals surface area contributed by atoms with Crippen molar-refractivity contribution in [3.8, 4) is 0 Å². The van der Waals surface area contributed by atoms with Crippen molar-refractivity contribution in [2.45, 2.75) is 78.4 Å². The highest BCUT2D eigenvalue weighted by molar-refractivity contribution is 5.90. The first kappa shape index (κ1) is 18.1. The molecule has 1 rings (SSSR count). The lowest BCUT2D eigenvalue weighted by molar-refractivity contribution is -0.136. The molecule has 1 fully saturated rings. The number of nitrogens with one attached hydrogen (secondary N) is 1. The van der Waals surface area contributed by atoms with Gasteiger partial charge in [0, 0.05) is 5.92 Å². The van der Waals surface area contributed by atoms with Gasteiger partial charge >= 0.3 is 0 Å². The molecule has 0 aromatic rings. The predicted octanol–water partition coefficient (Wildman–Crippen LogP) is 3.09. The van der Waals surface area contributed by atoms with Gasteiger partial charge in [0.15, 0.2) is 5.78 Å². The van der Waals surface area contributed by atoms with E-state index in [9.17, 15) is 9.59 Å². The van der Waals surface area contributed by atoms with Crippen LogP contribution in [0.25, 0.3) is 0 Å². The lowest BCUT2D eigenvalue weighted by Crippen LogP contribution is -2.49. The largest absolute Gasteiger partial charge is 0.366 e. The van der Waals surface area contributed by atoms with Crippen LogP contribution in [0.5, 0.6) is 0 Å². The van der Waals surface area contributed by atoms with E-state index in [0.29, 0.717) is 0 Å². The average Bonchev–Trinajstić information content (AvgIpc) is 2.42. The van der Waals surface area contributed by atoms with Crippen LogP contribution in [-0.2, 0) is 14.3 Å². The van der Waals surface area contributed by atoms with Gasteiger partial charge in [-0.25, -0.2) is 0 Å². The van der Waals surface area contributed by atoms with Crippen molar-refractivity contribution >= 4 is 11.7 Å². The molecular weight excluding hydrogens is 266 g/mol. The second kappa shape index (κ2) is 7.92. The van der Waals surface area contributed by atoms with E-state index < -0.39 is 0 Å². The van der Waals surface area contributed by atoms with Crippen LogP contribution in [-0.4, -0.2) is 29.9 Å². The van der Waals surface area contributed by atoms with E-state index in [2.05, 4.69) is 5.32 Å². The monoisotopic (exact) mass is 297 g/mol. The van der Waals surface area contributed by atoms with E-state index in [-0.39, 0.29) is 41.8 Å². The molecule has 122 valence electrons. The Morgan fingerprint density at radius 2 is 1.71 bits per heavy atom.